The molecule has 1 atom stereocenters. The lowest BCUT2D eigenvalue weighted by molar-refractivity contribution is 0.0527. The van der Waals surface area contributed by atoms with Gasteiger partial charge in [0.1, 0.15) is 11.4 Å². The van der Waals surface area contributed by atoms with Crippen molar-refractivity contribution < 1.29 is 9.53 Å². The number of ether oxygens (including phenoxy) is 1. The number of nitrogens with zero attached hydrogens (tertiary/aromatic N) is 1. The molecular weight excluding hydrogens is 240 g/mol. The van der Waals surface area contributed by atoms with Gasteiger partial charge in [-0.25, -0.2) is 9.78 Å². The summed E-state index contributed by atoms with van der Waals surface area (Å²) in [6.45, 7) is 4.35. The Bertz CT molecular complexity index is 428. The lowest BCUT2D eigenvalue weighted by atomic mass is 9.99. The molecule has 1 aliphatic rings. The summed E-state index contributed by atoms with van der Waals surface area (Å²) in [4.78, 5) is 16.1. The maximum Gasteiger partial charge on any atom is 0.341 e. The molecular formula is C15H22N2O2. The van der Waals surface area contributed by atoms with Crippen LogP contribution in [0.5, 0.6) is 0 Å². The number of carbonyl (C=O) groups excluding carboxylic acids is 1. The van der Waals surface area contributed by atoms with E-state index in [1.807, 2.05) is 6.92 Å². The number of esters is 1. The molecule has 1 aliphatic carbocycles. The molecule has 2 rings (SSSR count). The number of aromatic nitrogens is 1. The second-order valence-electron chi connectivity index (χ2n) is 5.10. The normalized spacial score (nSPS) is 17.2. The van der Waals surface area contributed by atoms with E-state index >= 15 is 0 Å². The number of rotatable bonds is 5. The largest absolute Gasteiger partial charge is 0.462 e. The van der Waals surface area contributed by atoms with Crippen molar-refractivity contribution >= 4 is 11.8 Å². The average Bonchev–Trinajstić information content (AvgIpc) is 2.93. The SMILES string of the molecule is CCOC(=O)c1cccnc1NC(C)C1CCCC1. The Morgan fingerprint density at radius 3 is 2.95 bits per heavy atom. The van der Waals surface area contributed by atoms with Crippen molar-refractivity contribution in [1.82, 2.24) is 4.98 Å². The highest BCUT2D eigenvalue weighted by atomic mass is 16.5. The van der Waals surface area contributed by atoms with Gasteiger partial charge >= 0.3 is 5.97 Å². The summed E-state index contributed by atoms with van der Waals surface area (Å²) < 4.78 is 5.06. The molecule has 0 aliphatic heterocycles. The Morgan fingerprint density at radius 2 is 2.26 bits per heavy atom. The van der Waals surface area contributed by atoms with E-state index in [1.165, 1.54) is 25.7 Å². The van der Waals surface area contributed by atoms with Crippen LogP contribution < -0.4 is 5.32 Å². The molecule has 0 bridgehead atoms. The minimum atomic E-state index is -0.309. The molecule has 4 nitrogen and oxygen atoms in total. The minimum Gasteiger partial charge on any atom is -0.462 e. The number of pyridine rings is 1. The highest BCUT2D eigenvalue weighted by Gasteiger charge is 2.23. The molecule has 0 spiro atoms. The number of hydrogen-bond acceptors (Lipinski definition) is 4. The molecule has 0 aromatic carbocycles. The maximum atomic E-state index is 11.9. The summed E-state index contributed by atoms with van der Waals surface area (Å²) in [6.07, 6.45) is 6.84. The van der Waals surface area contributed by atoms with Crippen molar-refractivity contribution in [2.24, 2.45) is 5.92 Å². The fourth-order valence-corrected chi connectivity index (χ4v) is 2.68. The van der Waals surface area contributed by atoms with Crippen molar-refractivity contribution in [2.75, 3.05) is 11.9 Å². The van der Waals surface area contributed by atoms with Crippen LogP contribution in [-0.2, 0) is 4.74 Å². The van der Waals surface area contributed by atoms with Crippen molar-refractivity contribution in [2.45, 2.75) is 45.6 Å². The van der Waals surface area contributed by atoms with E-state index < -0.39 is 0 Å². The third kappa shape index (κ3) is 3.46. The summed E-state index contributed by atoms with van der Waals surface area (Å²) in [5.41, 5.74) is 0.522. The van der Waals surface area contributed by atoms with Crippen LogP contribution in [0.1, 0.15) is 49.9 Å². The smallest absolute Gasteiger partial charge is 0.341 e. The van der Waals surface area contributed by atoms with E-state index in [2.05, 4.69) is 17.2 Å². The van der Waals surface area contributed by atoms with Crippen LogP contribution in [0.25, 0.3) is 0 Å². The van der Waals surface area contributed by atoms with E-state index in [0.29, 0.717) is 29.9 Å². The van der Waals surface area contributed by atoms with Crippen LogP contribution in [0, 0.1) is 5.92 Å². The highest BCUT2D eigenvalue weighted by molar-refractivity contribution is 5.94. The van der Waals surface area contributed by atoms with E-state index in [0.717, 1.165) is 0 Å². The zero-order chi connectivity index (χ0) is 13.7. The molecule has 1 saturated carbocycles. The van der Waals surface area contributed by atoms with Gasteiger partial charge in [0.05, 0.1) is 6.61 Å². The number of anilines is 1. The standard InChI is InChI=1S/C15H22N2O2/c1-3-19-15(18)13-9-6-10-16-14(13)17-11(2)12-7-4-5-8-12/h6,9-12H,3-5,7-8H2,1-2H3,(H,16,17). The van der Waals surface area contributed by atoms with Gasteiger partial charge in [0.2, 0.25) is 0 Å². The Balaban J connectivity index is 2.08. The molecule has 1 fully saturated rings. The zero-order valence-corrected chi connectivity index (χ0v) is 11.7. The van der Waals surface area contributed by atoms with Crippen molar-refractivity contribution in [3.05, 3.63) is 23.9 Å². The first kappa shape index (κ1) is 13.8. The summed E-state index contributed by atoms with van der Waals surface area (Å²) in [6, 6.07) is 3.86. The van der Waals surface area contributed by atoms with E-state index in [1.54, 1.807) is 18.3 Å². The van der Waals surface area contributed by atoms with Crippen LogP contribution in [0.4, 0.5) is 5.82 Å². The molecule has 0 radical (unpaired) electrons. The quantitative estimate of drug-likeness (QED) is 0.828. The van der Waals surface area contributed by atoms with E-state index in [-0.39, 0.29) is 5.97 Å². The first-order valence-electron chi connectivity index (χ1n) is 7.11. The van der Waals surface area contributed by atoms with Crippen LogP contribution >= 0.6 is 0 Å². The third-order valence-electron chi connectivity index (χ3n) is 3.77. The summed E-state index contributed by atoms with van der Waals surface area (Å²) in [7, 11) is 0. The molecule has 1 unspecified atom stereocenters. The van der Waals surface area contributed by atoms with Gasteiger partial charge in [-0.3, -0.25) is 0 Å². The minimum absolute atomic E-state index is 0.309. The zero-order valence-electron chi connectivity index (χ0n) is 11.7. The predicted octanol–water partition coefficient (Wildman–Crippen LogP) is 3.25. The van der Waals surface area contributed by atoms with Gasteiger partial charge in [0, 0.05) is 12.2 Å². The highest BCUT2D eigenvalue weighted by Crippen LogP contribution is 2.29. The van der Waals surface area contributed by atoms with Gasteiger partial charge in [-0.1, -0.05) is 12.8 Å². The van der Waals surface area contributed by atoms with Crippen molar-refractivity contribution in [1.29, 1.82) is 0 Å². The number of carbonyl (C=O) groups is 1. The Morgan fingerprint density at radius 1 is 1.53 bits per heavy atom. The Labute approximate surface area is 114 Å². The molecule has 104 valence electrons. The number of nitrogens with one attached hydrogen (secondary N) is 1. The molecule has 19 heavy (non-hydrogen) atoms. The summed E-state index contributed by atoms with van der Waals surface area (Å²) in [5, 5.41) is 3.38. The van der Waals surface area contributed by atoms with Gasteiger partial charge in [-0.15, -0.1) is 0 Å². The fraction of sp³-hybridized carbons (Fsp3) is 0.600. The second kappa shape index (κ2) is 6.55. The first-order chi connectivity index (χ1) is 9.22. The van der Waals surface area contributed by atoms with Gasteiger partial charge in [-0.2, -0.15) is 0 Å². The lowest BCUT2D eigenvalue weighted by Crippen LogP contribution is -2.25. The van der Waals surface area contributed by atoms with Gasteiger partial charge < -0.3 is 10.1 Å². The second-order valence-corrected chi connectivity index (χ2v) is 5.10. The van der Waals surface area contributed by atoms with Crippen molar-refractivity contribution in [3.8, 4) is 0 Å². The van der Waals surface area contributed by atoms with Crippen LogP contribution in [0.15, 0.2) is 18.3 Å². The molecule has 0 amide bonds. The van der Waals surface area contributed by atoms with Crippen molar-refractivity contribution in [3.63, 3.8) is 0 Å². The average molecular weight is 262 g/mol. The first-order valence-corrected chi connectivity index (χ1v) is 7.11. The maximum absolute atomic E-state index is 11.9. The number of hydrogen-bond donors (Lipinski definition) is 1. The van der Waals surface area contributed by atoms with Gasteiger partial charge in [0.25, 0.3) is 0 Å². The molecule has 1 aromatic heterocycles. The van der Waals surface area contributed by atoms with Crippen LogP contribution in [0.3, 0.4) is 0 Å². The Hall–Kier alpha value is -1.58. The van der Waals surface area contributed by atoms with Gasteiger partial charge in [-0.05, 0) is 44.7 Å². The molecule has 0 saturated heterocycles. The van der Waals surface area contributed by atoms with Crippen LogP contribution in [-0.4, -0.2) is 23.6 Å². The Kier molecular flexibility index (Phi) is 4.77. The summed E-state index contributed by atoms with van der Waals surface area (Å²) >= 11 is 0. The fourth-order valence-electron chi connectivity index (χ4n) is 2.68. The third-order valence-corrected chi connectivity index (χ3v) is 3.77. The van der Waals surface area contributed by atoms with Crippen LogP contribution in [0.2, 0.25) is 0 Å². The lowest BCUT2D eigenvalue weighted by Gasteiger charge is -2.22. The molecule has 4 heteroatoms. The molecule has 1 aromatic rings. The van der Waals surface area contributed by atoms with E-state index in [9.17, 15) is 4.79 Å². The monoisotopic (exact) mass is 262 g/mol. The summed E-state index contributed by atoms with van der Waals surface area (Å²) in [5.74, 6) is 1.01. The predicted molar refractivity (Wildman–Crippen MR) is 75.2 cm³/mol. The molecule has 1 heterocycles. The van der Waals surface area contributed by atoms with Gasteiger partial charge in [0.15, 0.2) is 0 Å². The van der Waals surface area contributed by atoms with E-state index in [4.69, 9.17) is 4.74 Å². The molecule has 1 N–H and O–H groups in total. The topological polar surface area (TPSA) is 51.2 Å².